The normalized spacial score (nSPS) is 11.7. The Hall–Kier alpha value is -0.160. The van der Waals surface area contributed by atoms with E-state index in [4.69, 9.17) is 20.4 Å². The highest BCUT2D eigenvalue weighted by Gasteiger charge is 1.98. The predicted molar refractivity (Wildman–Crippen MR) is 71.9 cm³/mol. The molecule has 110 valence electrons. The summed E-state index contributed by atoms with van der Waals surface area (Å²) in [6.07, 6.45) is 10.0. The van der Waals surface area contributed by atoms with Crippen molar-refractivity contribution in [1.29, 1.82) is 0 Å². The maximum absolute atomic E-state index is 8.65. The van der Waals surface area contributed by atoms with E-state index in [0.29, 0.717) is 12.8 Å². The average molecular weight is 262 g/mol. The molecule has 0 aromatic heterocycles. The van der Waals surface area contributed by atoms with Gasteiger partial charge in [-0.1, -0.05) is 51.4 Å². The molecule has 0 fully saturated rings. The fourth-order valence-corrected chi connectivity index (χ4v) is 2.07. The van der Waals surface area contributed by atoms with Gasteiger partial charge >= 0.3 is 0 Å². The number of unbranched alkanes of at least 4 members (excludes halogenated alkanes) is 9. The van der Waals surface area contributed by atoms with Gasteiger partial charge in [0.05, 0.1) is 0 Å². The van der Waals surface area contributed by atoms with E-state index in [0.717, 1.165) is 25.7 Å². The van der Waals surface area contributed by atoms with Gasteiger partial charge in [0.2, 0.25) is 0 Å². The second-order valence-electron chi connectivity index (χ2n) is 5.07. The zero-order valence-corrected chi connectivity index (χ0v) is 11.4. The molecule has 0 aliphatic carbocycles. The van der Waals surface area contributed by atoms with Crippen LogP contribution < -0.4 is 0 Å². The molecule has 18 heavy (non-hydrogen) atoms. The smallest absolute Gasteiger partial charge is 0.151 e. The Kier molecular flexibility index (Phi) is 13.2. The first-order chi connectivity index (χ1) is 8.63. The molecule has 0 rings (SSSR count). The van der Waals surface area contributed by atoms with Crippen molar-refractivity contribution >= 4 is 0 Å². The molecule has 0 bridgehead atoms. The van der Waals surface area contributed by atoms with E-state index < -0.39 is 12.6 Å². The monoisotopic (exact) mass is 262 g/mol. The van der Waals surface area contributed by atoms with Crippen LogP contribution in [0.1, 0.15) is 77.0 Å². The average Bonchev–Trinajstić information content (AvgIpc) is 2.29. The topological polar surface area (TPSA) is 80.9 Å². The second-order valence-corrected chi connectivity index (χ2v) is 5.07. The van der Waals surface area contributed by atoms with Crippen LogP contribution in [-0.2, 0) is 0 Å². The van der Waals surface area contributed by atoms with Gasteiger partial charge in [0.1, 0.15) is 0 Å². The van der Waals surface area contributed by atoms with Gasteiger partial charge in [0, 0.05) is 0 Å². The fraction of sp³-hybridized carbons (Fsp3) is 1.00. The molecule has 0 spiro atoms. The third-order valence-electron chi connectivity index (χ3n) is 3.17. The summed E-state index contributed by atoms with van der Waals surface area (Å²) in [6.45, 7) is 0. The summed E-state index contributed by atoms with van der Waals surface area (Å²) in [5, 5.41) is 34.6. The first-order valence-electron chi connectivity index (χ1n) is 7.35. The van der Waals surface area contributed by atoms with Gasteiger partial charge in [-0.3, -0.25) is 0 Å². The lowest BCUT2D eigenvalue weighted by molar-refractivity contribution is -0.0472. The molecule has 0 radical (unpaired) electrons. The fourth-order valence-electron chi connectivity index (χ4n) is 2.07. The van der Waals surface area contributed by atoms with Crippen molar-refractivity contribution in [2.75, 3.05) is 0 Å². The minimum Gasteiger partial charge on any atom is -0.368 e. The van der Waals surface area contributed by atoms with Gasteiger partial charge < -0.3 is 20.4 Å². The second kappa shape index (κ2) is 13.3. The third kappa shape index (κ3) is 15.8. The Balaban J connectivity index is 2.95. The number of aliphatic hydroxyl groups excluding tert-OH is 2. The lowest BCUT2D eigenvalue weighted by Gasteiger charge is -2.04. The lowest BCUT2D eigenvalue weighted by Crippen LogP contribution is -2.02. The third-order valence-corrected chi connectivity index (χ3v) is 3.17. The molecule has 0 saturated carbocycles. The van der Waals surface area contributed by atoms with Crippen LogP contribution in [0.25, 0.3) is 0 Å². The molecule has 0 aliphatic rings. The van der Waals surface area contributed by atoms with E-state index >= 15 is 0 Å². The van der Waals surface area contributed by atoms with Crippen molar-refractivity contribution in [2.45, 2.75) is 89.6 Å². The Morgan fingerprint density at radius 1 is 0.389 bits per heavy atom. The van der Waals surface area contributed by atoms with Crippen LogP contribution in [0.3, 0.4) is 0 Å². The number of hydrogen-bond acceptors (Lipinski definition) is 4. The summed E-state index contributed by atoms with van der Waals surface area (Å²) >= 11 is 0. The number of aliphatic hydroxyl groups is 4. The molecular weight excluding hydrogens is 232 g/mol. The van der Waals surface area contributed by atoms with Crippen molar-refractivity contribution < 1.29 is 20.4 Å². The van der Waals surface area contributed by atoms with E-state index in [9.17, 15) is 0 Å². The Labute approximate surface area is 111 Å². The molecule has 0 heterocycles. The number of rotatable bonds is 13. The van der Waals surface area contributed by atoms with Gasteiger partial charge in [-0.15, -0.1) is 0 Å². The summed E-state index contributed by atoms with van der Waals surface area (Å²) in [5.74, 6) is 0. The zero-order chi connectivity index (χ0) is 13.6. The molecule has 4 heteroatoms. The summed E-state index contributed by atoms with van der Waals surface area (Å²) in [5.41, 5.74) is 0. The predicted octanol–water partition coefficient (Wildman–Crippen LogP) is 2.29. The van der Waals surface area contributed by atoms with Gasteiger partial charge in [-0.05, 0) is 25.7 Å². The van der Waals surface area contributed by atoms with Crippen molar-refractivity contribution in [1.82, 2.24) is 0 Å². The molecule has 0 unspecified atom stereocenters. The van der Waals surface area contributed by atoms with E-state index in [1.807, 2.05) is 0 Å². The molecule has 0 amide bonds. The SMILES string of the molecule is OC(O)CCCCCCCCCCCCC(O)O. The summed E-state index contributed by atoms with van der Waals surface area (Å²) in [7, 11) is 0. The van der Waals surface area contributed by atoms with E-state index in [-0.39, 0.29) is 0 Å². The van der Waals surface area contributed by atoms with Gasteiger partial charge in [0.15, 0.2) is 12.6 Å². The largest absolute Gasteiger partial charge is 0.368 e. The van der Waals surface area contributed by atoms with Crippen LogP contribution in [-0.4, -0.2) is 33.0 Å². The highest BCUT2D eigenvalue weighted by Crippen LogP contribution is 2.12. The van der Waals surface area contributed by atoms with Crippen LogP contribution >= 0.6 is 0 Å². The van der Waals surface area contributed by atoms with Crippen molar-refractivity contribution in [3.8, 4) is 0 Å². The summed E-state index contributed by atoms with van der Waals surface area (Å²) < 4.78 is 0. The molecular formula is C14H30O4. The minimum atomic E-state index is -1.14. The van der Waals surface area contributed by atoms with Crippen LogP contribution in [0.5, 0.6) is 0 Å². The maximum Gasteiger partial charge on any atom is 0.151 e. The Morgan fingerprint density at radius 2 is 0.611 bits per heavy atom. The van der Waals surface area contributed by atoms with E-state index in [2.05, 4.69) is 0 Å². The van der Waals surface area contributed by atoms with Gasteiger partial charge in [0.25, 0.3) is 0 Å². The zero-order valence-electron chi connectivity index (χ0n) is 11.4. The van der Waals surface area contributed by atoms with Crippen LogP contribution in [0.15, 0.2) is 0 Å². The van der Waals surface area contributed by atoms with Crippen molar-refractivity contribution in [3.05, 3.63) is 0 Å². The Bertz CT molecular complexity index is 142. The first kappa shape index (κ1) is 17.8. The molecule has 4 N–H and O–H groups in total. The maximum atomic E-state index is 8.65. The van der Waals surface area contributed by atoms with E-state index in [1.54, 1.807) is 0 Å². The van der Waals surface area contributed by atoms with Crippen molar-refractivity contribution in [3.63, 3.8) is 0 Å². The first-order valence-corrected chi connectivity index (χ1v) is 7.35. The molecule has 0 aromatic carbocycles. The molecule has 0 aliphatic heterocycles. The lowest BCUT2D eigenvalue weighted by atomic mass is 10.1. The molecule has 0 aromatic rings. The Morgan fingerprint density at radius 3 is 0.833 bits per heavy atom. The minimum absolute atomic E-state index is 0.497. The highest BCUT2D eigenvalue weighted by atomic mass is 16.5. The van der Waals surface area contributed by atoms with Crippen LogP contribution in [0.2, 0.25) is 0 Å². The van der Waals surface area contributed by atoms with E-state index in [1.165, 1.54) is 38.5 Å². The van der Waals surface area contributed by atoms with Gasteiger partial charge in [-0.25, -0.2) is 0 Å². The highest BCUT2D eigenvalue weighted by molar-refractivity contribution is 4.49. The molecule has 0 atom stereocenters. The summed E-state index contributed by atoms with van der Waals surface area (Å²) in [4.78, 5) is 0. The standard InChI is InChI=1S/C14H30O4/c15-13(16)11-9-7-5-3-1-2-4-6-8-10-12-14(17)18/h13-18H,1-12H2. The molecule has 0 saturated heterocycles. The van der Waals surface area contributed by atoms with Crippen molar-refractivity contribution in [2.24, 2.45) is 0 Å². The quantitative estimate of drug-likeness (QED) is 0.303. The summed E-state index contributed by atoms with van der Waals surface area (Å²) in [6, 6.07) is 0. The number of hydrogen-bond donors (Lipinski definition) is 4. The van der Waals surface area contributed by atoms with Crippen LogP contribution in [0, 0.1) is 0 Å². The van der Waals surface area contributed by atoms with Gasteiger partial charge in [-0.2, -0.15) is 0 Å². The van der Waals surface area contributed by atoms with Crippen LogP contribution in [0.4, 0.5) is 0 Å². The molecule has 4 nitrogen and oxygen atoms in total.